The Bertz CT molecular complexity index is 451. The number of amidine groups is 1. The summed E-state index contributed by atoms with van der Waals surface area (Å²) in [6.07, 6.45) is 3.43. The minimum atomic E-state index is -0.0209. The maximum absolute atomic E-state index is 11.8. The number of hydrogen-bond donors (Lipinski definition) is 2. The average Bonchev–Trinajstić information content (AvgIpc) is 2.45. The molecule has 1 aromatic carbocycles. The zero-order valence-electron chi connectivity index (χ0n) is 11.4. The van der Waals surface area contributed by atoms with Gasteiger partial charge in [-0.05, 0) is 31.9 Å². The second kappa shape index (κ2) is 6.92. The monoisotopic (exact) mass is 259 g/mol. The Labute approximate surface area is 114 Å². The van der Waals surface area contributed by atoms with Crippen LogP contribution in [0.2, 0.25) is 0 Å². The molecule has 1 aromatic rings. The van der Waals surface area contributed by atoms with Gasteiger partial charge in [-0.25, -0.2) is 0 Å². The molecule has 0 unspecified atom stereocenters. The lowest BCUT2D eigenvalue weighted by atomic mass is 10.1. The van der Waals surface area contributed by atoms with E-state index in [1.54, 1.807) is 0 Å². The lowest BCUT2D eigenvalue weighted by molar-refractivity contribution is 0.0954. The highest BCUT2D eigenvalue weighted by Gasteiger charge is 2.05. The van der Waals surface area contributed by atoms with E-state index in [1.165, 1.54) is 12.8 Å². The summed E-state index contributed by atoms with van der Waals surface area (Å²) in [5.41, 5.74) is 1.87. The maximum atomic E-state index is 11.8. The number of amides is 1. The number of nitrogens with zero attached hydrogens (tertiary/aromatic N) is 1. The third-order valence-corrected chi connectivity index (χ3v) is 3.18. The third-order valence-electron chi connectivity index (χ3n) is 3.18. The Balaban J connectivity index is 1.69. The molecule has 1 heterocycles. The van der Waals surface area contributed by atoms with E-state index < -0.39 is 0 Å². The Hall–Kier alpha value is -1.84. The van der Waals surface area contributed by atoms with Crippen molar-refractivity contribution in [3.63, 3.8) is 0 Å². The van der Waals surface area contributed by atoms with Crippen molar-refractivity contribution in [2.24, 2.45) is 4.99 Å². The van der Waals surface area contributed by atoms with Crippen LogP contribution in [0.25, 0.3) is 0 Å². The van der Waals surface area contributed by atoms with Gasteiger partial charge in [-0.1, -0.05) is 17.7 Å². The van der Waals surface area contributed by atoms with Gasteiger partial charge >= 0.3 is 0 Å². The SMILES string of the molecule is Cc1ccc(C(=O)NCCNC2=NCCCC2)cc1. The van der Waals surface area contributed by atoms with Gasteiger partial charge in [-0.2, -0.15) is 0 Å². The van der Waals surface area contributed by atoms with Gasteiger partial charge < -0.3 is 10.6 Å². The summed E-state index contributed by atoms with van der Waals surface area (Å²) in [4.78, 5) is 16.2. The van der Waals surface area contributed by atoms with Crippen LogP contribution < -0.4 is 10.6 Å². The van der Waals surface area contributed by atoms with Crippen LogP contribution in [0, 0.1) is 6.92 Å². The van der Waals surface area contributed by atoms with Gasteiger partial charge in [0.05, 0.1) is 5.84 Å². The summed E-state index contributed by atoms with van der Waals surface area (Å²) in [6.45, 7) is 4.29. The first kappa shape index (κ1) is 13.6. The summed E-state index contributed by atoms with van der Waals surface area (Å²) in [7, 11) is 0. The normalized spacial score (nSPS) is 14.7. The molecule has 4 nitrogen and oxygen atoms in total. The molecule has 0 spiro atoms. The fourth-order valence-electron chi connectivity index (χ4n) is 2.03. The first-order valence-electron chi connectivity index (χ1n) is 6.88. The van der Waals surface area contributed by atoms with E-state index >= 15 is 0 Å². The number of rotatable bonds is 4. The van der Waals surface area contributed by atoms with E-state index in [-0.39, 0.29) is 5.91 Å². The summed E-state index contributed by atoms with van der Waals surface area (Å²) < 4.78 is 0. The van der Waals surface area contributed by atoms with Crippen molar-refractivity contribution < 1.29 is 4.79 Å². The van der Waals surface area contributed by atoms with Crippen LogP contribution in [-0.4, -0.2) is 31.4 Å². The molecule has 0 saturated carbocycles. The first-order chi connectivity index (χ1) is 9.25. The van der Waals surface area contributed by atoms with E-state index in [9.17, 15) is 4.79 Å². The first-order valence-corrected chi connectivity index (χ1v) is 6.88. The summed E-state index contributed by atoms with van der Waals surface area (Å²) >= 11 is 0. The Kier molecular flexibility index (Phi) is 4.95. The van der Waals surface area contributed by atoms with E-state index in [0.29, 0.717) is 12.1 Å². The van der Waals surface area contributed by atoms with Crippen molar-refractivity contribution in [1.82, 2.24) is 10.6 Å². The summed E-state index contributed by atoms with van der Waals surface area (Å²) in [6, 6.07) is 7.60. The molecule has 2 N–H and O–H groups in total. The fourth-order valence-corrected chi connectivity index (χ4v) is 2.03. The lowest BCUT2D eigenvalue weighted by Crippen LogP contribution is -2.35. The second-order valence-electron chi connectivity index (χ2n) is 4.83. The predicted molar refractivity (Wildman–Crippen MR) is 77.7 cm³/mol. The highest BCUT2D eigenvalue weighted by molar-refractivity contribution is 5.94. The number of carbonyl (C=O) groups excluding carboxylic acids is 1. The zero-order valence-corrected chi connectivity index (χ0v) is 11.4. The molecule has 19 heavy (non-hydrogen) atoms. The summed E-state index contributed by atoms with van der Waals surface area (Å²) in [5.74, 6) is 1.06. The van der Waals surface area contributed by atoms with E-state index in [2.05, 4.69) is 15.6 Å². The molecule has 0 fully saturated rings. The van der Waals surface area contributed by atoms with Gasteiger partial charge in [0, 0.05) is 31.6 Å². The van der Waals surface area contributed by atoms with Crippen molar-refractivity contribution in [2.75, 3.05) is 19.6 Å². The Morgan fingerprint density at radius 2 is 2.00 bits per heavy atom. The average molecular weight is 259 g/mol. The molecule has 1 amide bonds. The summed E-state index contributed by atoms with van der Waals surface area (Å²) in [5, 5.41) is 6.17. The Morgan fingerprint density at radius 1 is 1.21 bits per heavy atom. The maximum Gasteiger partial charge on any atom is 0.251 e. The van der Waals surface area contributed by atoms with Crippen LogP contribution in [-0.2, 0) is 0 Å². The molecular formula is C15H21N3O. The molecule has 1 aliphatic rings. The van der Waals surface area contributed by atoms with Crippen molar-refractivity contribution in [3.8, 4) is 0 Å². The largest absolute Gasteiger partial charge is 0.372 e. The number of aliphatic imine (C=N–C) groups is 1. The van der Waals surface area contributed by atoms with Gasteiger partial charge in [-0.15, -0.1) is 0 Å². The van der Waals surface area contributed by atoms with Gasteiger partial charge in [0.25, 0.3) is 5.91 Å². The number of hydrogen-bond acceptors (Lipinski definition) is 3. The van der Waals surface area contributed by atoms with E-state index in [4.69, 9.17) is 0 Å². The van der Waals surface area contributed by atoms with Crippen molar-refractivity contribution in [3.05, 3.63) is 35.4 Å². The van der Waals surface area contributed by atoms with Crippen LogP contribution in [0.3, 0.4) is 0 Å². The molecule has 0 saturated heterocycles. The second-order valence-corrected chi connectivity index (χ2v) is 4.83. The third kappa shape index (κ3) is 4.39. The van der Waals surface area contributed by atoms with Crippen LogP contribution in [0.15, 0.2) is 29.3 Å². The molecule has 2 rings (SSSR count). The smallest absolute Gasteiger partial charge is 0.251 e. The molecule has 0 radical (unpaired) electrons. The van der Waals surface area contributed by atoms with Gasteiger partial charge in [0.2, 0.25) is 0 Å². The van der Waals surface area contributed by atoms with Crippen LogP contribution in [0.4, 0.5) is 0 Å². The van der Waals surface area contributed by atoms with Crippen molar-refractivity contribution in [2.45, 2.75) is 26.2 Å². The molecule has 0 aromatic heterocycles. The van der Waals surface area contributed by atoms with Crippen molar-refractivity contribution >= 4 is 11.7 Å². The standard InChI is InChI=1S/C15H21N3O/c1-12-5-7-13(8-6-12)15(19)18-11-10-17-14-4-2-3-9-16-14/h5-8H,2-4,9-11H2,1H3,(H,16,17)(H,18,19). The lowest BCUT2D eigenvalue weighted by Gasteiger charge is -2.14. The van der Waals surface area contributed by atoms with Crippen LogP contribution >= 0.6 is 0 Å². The molecule has 102 valence electrons. The van der Waals surface area contributed by atoms with Crippen molar-refractivity contribution in [1.29, 1.82) is 0 Å². The van der Waals surface area contributed by atoms with E-state index in [0.717, 1.165) is 30.9 Å². The van der Waals surface area contributed by atoms with Gasteiger partial charge in [0.15, 0.2) is 0 Å². The number of aryl methyl sites for hydroxylation is 1. The molecule has 0 aliphatic carbocycles. The highest BCUT2D eigenvalue weighted by atomic mass is 16.1. The predicted octanol–water partition coefficient (Wildman–Crippen LogP) is 1.90. The molecule has 1 aliphatic heterocycles. The molecule has 4 heteroatoms. The Morgan fingerprint density at radius 3 is 2.68 bits per heavy atom. The number of benzene rings is 1. The topological polar surface area (TPSA) is 53.5 Å². The molecule has 0 atom stereocenters. The van der Waals surface area contributed by atoms with Crippen LogP contribution in [0.1, 0.15) is 35.2 Å². The molecule has 0 bridgehead atoms. The van der Waals surface area contributed by atoms with E-state index in [1.807, 2.05) is 31.2 Å². The number of nitrogens with one attached hydrogen (secondary N) is 2. The number of carbonyl (C=O) groups is 1. The minimum absolute atomic E-state index is 0.0209. The molecular weight excluding hydrogens is 238 g/mol. The van der Waals surface area contributed by atoms with Gasteiger partial charge in [-0.3, -0.25) is 9.79 Å². The quantitative estimate of drug-likeness (QED) is 0.811. The van der Waals surface area contributed by atoms with Crippen LogP contribution in [0.5, 0.6) is 0 Å². The zero-order chi connectivity index (χ0) is 13.5. The minimum Gasteiger partial charge on any atom is -0.372 e. The highest BCUT2D eigenvalue weighted by Crippen LogP contribution is 2.04. The van der Waals surface area contributed by atoms with Gasteiger partial charge in [0.1, 0.15) is 0 Å². The fraction of sp³-hybridized carbons (Fsp3) is 0.467.